The quantitative estimate of drug-likeness (QED) is 0.529. The molecule has 14 heavy (non-hydrogen) atoms. The molecule has 1 heteroatoms. The van der Waals surface area contributed by atoms with Crippen LogP contribution < -0.4 is 0 Å². The van der Waals surface area contributed by atoms with E-state index in [1.165, 1.54) is 19.3 Å². The molecule has 0 spiro atoms. The molecule has 0 aromatic heterocycles. The van der Waals surface area contributed by atoms with Crippen LogP contribution in [0.1, 0.15) is 58.8 Å². The van der Waals surface area contributed by atoms with E-state index in [1.54, 1.807) is 0 Å². The van der Waals surface area contributed by atoms with Gasteiger partial charge in [0, 0.05) is 6.42 Å². The Labute approximate surface area is 87.9 Å². The molecule has 0 aliphatic heterocycles. The molecule has 0 aromatic carbocycles. The highest BCUT2D eigenvalue weighted by Gasteiger charge is 2.28. The zero-order valence-corrected chi connectivity index (χ0v) is 9.47. The Kier molecular flexibility index (Phi) is 4.48. The third-order valence-electron chi connectivity index (χ3n) is 3.33. The molecule has 0 bridgehead atoms. The highest BCUT2D eigenvalue weighted by atomic mass is 16.3. The largest absolute Gasteiger partial charge is 0.390 e. The molecule has 1 saturated carbocycles. The van der Waals surface area contributed by atoms with Gasteiger partial charge in [-0.1, -0.05) is 19.8 Å². The van der Waals surface area contributed by atoms with Crippen molar-refractivity contribution < 1.29 is 5.11 Å². The van der Waals surface area contributed by atoms with Gasteiger partial charge in [0.05, 0.1) is 5.60 Å². The van der Waals surface area contributed by atoms with Gasteiger partial charge in [-0.25, -0.2) is 0 Å². The summed E-state index contributed by atoms with van der Waals surface area (Å²) in [5.74, 6) is 6.72. The molecule has 1 aliphatic rings. The molecule has 0 aromatic rings. The van der Waals surface area contributed by atoms with Gasteiger partial charge in [0.2, 0.25) is 0 Å². The normalized spacial score (nSPS) is 32.9. The van der Waals surface area contributed by atoms with Crippen LogP contribution in [-0.2, 0) is 0 Å². The molecule has 0 heterocycles. The molecule has 0 amide bonds. The molecular formula is C13H22O. The average molecular weight is 194 g/mol. The van der Waals surface area contributed by atoms with Gasteiger partial charge in [0.25, 0.3) is 0 Å². The number of hydrogen-bond acceptors (Lipinski definition) is 1. The van der Waals surface area contributed by atoms with Gasteiger partial charge in [0.1, 0.15) is 0 Å². The minimum Gasteiger partial charge on any atom is -0.390 e. The Bertz CT molecular complexity index is 223. The van der Waals surface area contributed by atoms with E-state index in [2.05, 4.69) is 18.8 Å². The lowest BCUT2D eigenvalue weighted by molar-refractivity contribution is 0.0170. The molecule has 0 radical (unpaired) electrons. The first-order valence-corrected chi connectivity index (χ1v) is 5.78. The maximum atomic E-state index is 10.3. The Balaban J connectivity index is 2.40. The second-order valence-corrected chi connectivity index (χ2v) is 4.69. The van der Waals surface area contributed by atoms with Crippen LogP contribution in [0.5, 0.6) is 0 Å². The van der Waals surface area contributed by atoms with Crippen LogP contribution in [0.25, 0.3) is 0 Å². The summed E-state index contributed by atoms with van der Waals surface area (Å²) in [7, 11) is 0. The highest BCUT2D eigenvalue weighted by Crippen LogP contribution is 2.33. The fourth-order valence-corrected chi connectivity index (χ4v) is 2.23. The lowest BCUT2D eigenvalue weighted by atomic mass is 9.89. The topological polar surface area (TPSA) is 20.2 Å². The monoisotopic (exact) mass is 194 g/mol. The van der Waals surface area contributed by atoms with E-state index in [4.69, 9.17) is 0 Å². The molecule has 1 rings (SSSR count). The van der Waals surface area contributed by atoms with Crippen molar-refractivity contribution in [2.45, 2.75) is 64.4 Å². The number of aliphatic hydroxyl groups is 1. The third-order valence-corrected chi connectivity index (χ3v) is 3.33. The summed E-state index contributed by atoms with van der Waals surface area (Å²) in [6.45, 7) is 4.15. The summed E-state index contributed by atoms with van der Waals surface area (Å²) in [6.07, 6.45) is 7.29. The van der Waals surface area contributed by atoms with Gasteiger partial charge in [-0.2, -0.15) is 0 Å². The highest BCUT2D eigenvalue weighted by molar-refractivity contribution is 4.97. The van der Waals surface area contributed by atoms with Gasteiger partial charge >= 0.3 is 0 Å². The van der Waals surface area contributed by atoms with Gasteiger partial charge in [-0.3, -0.25) is 0 Å². The molecular weight excluding hydrogens is 172 g/mol. The van der Waals surface area contributed by atoms with Crippen molar-refractivity contribution >= 4 is 0 Å². The van der Waals surface area contributed by atoms with Crippen molar-refractivity contribution in [1.29, 1.82) is 0 Å². The predicted molar refractivity (Wildman–Crippen MR) is 59.9 cm³/mol. The second kappa shape index (κ2) is 5.41. The van der Waals surface area contributed by atoms with Gasteiger partial charge in [-0.15, -0.1) is 11.8 Å². The fraction of sp³-hybridized carbons (Fsp3) is 0.846. The van der Waals surface area contributed by atoms with Crippen molar-refractivity contribution in [3.63, 3.8) is 0 Å². The summed E-state index contributed by atoms with van der Waals surface area (Å²) in [5.41, 5.74) is -0.408. The first-order valence-electron chi connectivity index (χ1n) is 5.78. The van der Waals surface area contributed by atoms with Crippen molar-refractivity contribution in [2.75, 3.05) is 0 Å². The summed E-state index contributed by atoms with van der Waals surface area (Å²) in [4.78, 5) is 0. The minimum atomic E-state index is -0.408. The molecule has 0 saturated heterocycles. The van der Waals surface area contributed by atoms with Crippen molar-refractivity contribution in [3.05, 3.63) is 0 Å². The SMILES string of the molecule is CC#CCCC1(O)CCCC(C)CC1. The van der Waals surface area contributed by atoms with Crippen LogP contribution in [0.4, 0.5) is 0 Å². The van der Waals surface area contributed by atoms with E-state index in [9.17, 15) is 5.11 Å². The molecule has 1 N–H and O–H groups in total. The summed E-state index contributed by atoms with van der Waals surface area (Å²) < 4.78 is 0. The van der Waals surface area contributed by atoms with E-state index < -0.39 is 5.60 Å². The lowest BCUT2D eigenvalue weighted by Crippen LogP contribution is -2.27. The van der Waals surface area contributed by atoms with E-state index in [-0.39, 0.29) is 0 Å². The smallest absolute Gasteiger partial charge is 0.0657 e. The van der Waals surface area contributed by atoms with E-state index >= 15 is 0 Å². The predicted octanol–water partition coefficient (Wildman–Crippen LogP) is 3.12. The lowest BCUT2D eigenvalue weighted by Gasteiger charge is -2.25. The molecule has 2 atom stereocenters. The number of hydrogen-bond donors (Lipinski definition) is 1. The van der Waals surface area contributed by atoms with Crippen LogP contribution in [0.3, 0.4) is 0 Å². The van der Waals surface area contributed by atoms with Crippen LogP contribution in [0.15, 0.2) is 0 Å². The van der Waals surface area contributed by atoms with Crippen LogP contribution >= 0.6 is 0 Å². The fourth-order valence-electron chi connectivity index (χ4n) is 2.23. The van der Waals surface area contributed by atoms with Crippen molar-refractivity contribution in [1.82, 2.24) is 0 Å². The average Bonchev–Trinajstić information content (AvgIpc) is 2.30. The Hall–Kier alpha value is -0.480. The summed E-state index contributed by atoms with van der Waals surface area (Å²) in [5, 5.41) is 10.3. The van der Waals surface area contributed by atoms with Crippen LogP contribution in [0.2, 0.25) is 0 Å². The number of rotatable bonds is 2. The Morgan fingerprint density at radius 1 is 1.36 bits per heavy atom. The van der Waals surface area contributed by atoms with Crippen LogP contribution in [0, 0.1) is 17.8 Å². The second-order valence-electron chi connectivity index (χ2n) is 4.69. The van der Waals surface area contributed by atoms with E-state index in [0.29, 0.717) is 0 Å². The van der Waals surface area contributed by atoms with E-state index in [1.807, 2.05) is 6.92 Å². The van der Waals surface area contributed by atoms with Gasteiger partial charge in [0.15, 0.2) is 0 Å². The molecule has 2 unspecified atom stereocenters. The van der Waals surface area contributed by atoms with Gasteiger partial charge < -0.3 is 5.11 Å². The third kappa shape index (κ3) is 3.72. The van der Waals surface area contributed by atoms with E-state index in [0.717, 1.165) is 31.6 Å². The Morgan fingerprint density at radius 3 is 2.86 bits per heavy atom. The molecule has 1 nitrogen and oxygen atoms in total. The summed E-state index contributed by atoms with van der Waals surface area (Å²) in [6, 6.07) is 0. The first kappa shape index (κ1) is 11.6. The zero-order valence-electron chi connectivity index (χ0n) is 9.47. The zero-order chi connectivity index (χ0) is 10.4. The minimum absolute atomic E-state index is 0.408. The first-order chi connectivity index (χ1) is 6.66. The standard InChI is InChI=1S/C13H22O/c1-3-4-5-9-13(14)10-6-7-12(2)8-11-13/h12,14H,5-11H2,1-2H3. The van der Waals surface area contributed by atoms with Gasteiger partial charge in [-0.05, 0) is 38.5 Å². The summed E-state index contributed by atoms with van der Waals surface area (Å²) >= 11 is 0. The Morgan fingerprint density at radius 2 is 2.14 bits per heavy atom. The molecule has 80 valence electrons. The maximum Gasteiger partial charge on any atom is 0.0657 e. The van der Waals surface area contributed by atoms with Crippen molar-refractivity contribution in [3.8, 4) is 11.8 Å². The molecule has 1 aliphatic carbocycles. The van der Waals surface area contributed by atoms with Crippen molar-refractivity contribution in [2.24, 2.45) is 5.92 Å². The molecule has 1 fully saturated rings. The van der Waals surface area contributed by atoms with Crippen LogP contribution in [-0.4, -0.2) is 10.7 Å². The maximum absolute atomic E-state index is 10.3.